The van der Waals surface area contributed by atoms with E-state index < -0.39 is 29.4 Å². The number of pyridine rings is 1. The molecule has 10 nitrogen and oxygen atoms in total. The predicted molar refractivity (Wildman–Crippen MR) is 141 cm³/mol. The first kappa shape index (κ1) is 27.8. The van der Waals surface area contributed by atoms with E-state index in [9.17, 15) is 9.18 Å². The van der Waals surface area contributed by atoms with Crippen molar-refractivity contribution < 1.29 is 32.3 Å². The topological polar surface area (TPSA) is 112 Å². The average molecular weight is 558 g/mol. The van der Waals surface area contributed by atoms with Gasteiger partial charge in [0.1, 0.15) is 17.5 Å². The summed E-state index contributed by atoms with van der Waals surface area (Å²) in [5.41, 5.74) is -0.112. The summed E-state index contributed by atoms with van der Waals surface area (Å²) < 4.78 is 53.0. The van der Waals surface area contributed by atoms with Gasteiger partial charge in [0.2, 0.25) is 17.5 Å². The maximum absolute atomic E-state index is 15.5. The highest BCUT2D eigenvalue weighted by atomic mass is 19.1. The van der Waals surface area contributed by atoms with Crippen LogP contribution in [0, 0.1) is 23.5 Å². The second-order valence-corrected chi connectivity index (χ2v) is 11.4. The van der Waals surface area contributed by atoms with Gasteiger partial charge in [0.25, 0.3) is 5.88 Å². The largest absolute Gasteiger partial charge is 0.471 e. The Hall–Kier alpha value is -3.80. The number of carbonyl (C=O) groups is 1. The molecule has 2 unspecified atom stereocenters. The standard InChI is InChI=1S/C28H33F2N5O5/c1-15(2)25-33-24(34-40-25)16-6-7-20(19(29)10-16)32-21-8-9-31-26(22(21)30)38-23-17-11-35(12-18(23)14-37-13-17)27(36)39-28(3,4)5/h6-10,15,17-18,23H,11-14H2,1-5H3,(H,31,32). The summed E-state index contributed by atoms with van der Waals surface area (Å²) in [6.45, 7) is 10.7. The Labute approximate surface area is 231 Å². The van der Waals surface area contributed by atoms with Crippen molar-refractivity contribution in [3.63, 3.8) is 0 Å². The smallest absolute Gasteiger partial charge is 0.410 e. The molecule has 2 bridgehead atoms. The van der Waals surface area contributed by atoms with Crippen LogP contribution in [0.3, 0.4) is 0 Å². The number of rotatable bonds is 6. The lowest BCUT2D eigenvalue weighted by molar-refractivity contribution is -0.114. The van der Waals surface area contributed by atoms with E-state index in [0.717, 1.165) is 0 Å². The molecule has 2 saturated heterocycles. The van der Waals surface area contributed by atoms with Gasteiger partial charge in [-0.25, -0.2) is 14.2 Å². The molecule has 4 heterocycles. The van der Waals surface area contributed by atoms with Gasteiger partial charge in [0.15, 0.2) is 0 Å². The molecule has 2 fully saturated rings. The highest BCUT2D eigenvalue weighted by Gasteiger charge is 2.44. The Bertz CT molecular complexity index is 1360. The molecule has 2 aliphatic heterocycles. The molecular weight excluding hydrogens is 524 g/mol. The number of hydrogen-bond donors (Lipinski definition) is 1. The molecule has 1 N–H and O–H groups in total. The van der Waals surface area contributed by atoms with Crippen LogP contribution in [-0.2, 0) is 9.47 Å². The van der Waals surface area contributed by atoms with Gasteiger partial charge < -0.3 is 29.0 Å². The van der Waals surface area contributed by atoms with Gasteiger partial charge >= 0.3 is 6.09 Å². The molecule has 2 atom stereocenters. The van der Waals surface area contributed by atoms with Crippen LogP contribution in [0.4, 0.5) is 25.0 Å². The van der Waals surface area contributed by atoms with E-state index >= 15 is 4.39 Å². The first-order valence-electron chi connectivity index (χ1n) is 13.3. The zero-order valence-electron chi connectivity index (χ0n) is 23.1. The molecule has 214 valence electrons. The Morgan fingerprint density at radius 2 is 1.85 bits per heavy atom. The van der Waals surface area contributed by atoms with Crippen molar-refractivity contribution >= 4 is 17.5 Å². The summed E-state index contributed by atoms with van der Waals surface area (Å²) in [7, 11) is 0. The number of benzene rings is 1. The summed E-state index contributed by atoms with van der Waals surface area (Å²) in [6, 6.07) is 5.76. The monoisotopic (exact) mass is 557 g/mol. The van der Waals surface area contributed by atoms with E-state index in [1.54, 1.807) is 11.0 Å². The van der Waals surface area contributed by atoms with Crippen molar-refractivity contribution in [2.24, 2.45) is 11.8 Å². The van der Waals surface area contributed by atoms with Gasteiger partial charge in [-0.15, -0.1) is 0 Å². The molecule has 0 radical (unpaired) electrons. The van der Waals surface area contributed by atoms with Gasteiger partial charge in [0, 0.05) is 42.6 Å². The number of nitrogens with one attached hydrogen (secondary N) is 1. The molecule has 40 heavy (non-hydrogen) atoms. The number of piperidine rings is 1. The normalized spacial score (nSPS) is 20.9. The van der Waals surface area contributed by atoms with Crippen molar-refractivity contribution in [3.8, 4) is 17.3 Å². The number of hydrogen-bond acceptors (Lipinski definition) is 9. The summed E-state index contributed by atoms with van der Waals surface area (Å²) >= 11 is 0. The molecule has 12 heteroatoms. The Balaban J connectivity index is 1.29. The zero-order valence-corrected chi connectivity index (χ0v) is 23.1. The average Bonchev–Trinajstić information content (AvgIpc) is 3.37. The van der Waals surface area contributed by atoms with Crippen molar-refractivity contribution in [2.45, 2.75) is 52.2 Å². The van der Waals surface area contributed by atoms with Crippen LogP contribution < -0.4 is 10.1 Å². The summed E-state index contributed by atoms with van der Waals surface area (Å²) in [4.78, 5) is 22.7. The summed E-state index contributed by atoms with van der Waals surface area (Å²) in [6.07, 6.45) is 0.583. The zero-order chi connectivity index (χ0) is 28.6. The van der Waals surface area contributed by atoms with Gasteiger partial charge in [-0.1, -0.05) is 19.0 Å². The molecule has 1 aromatic carbocycles. The van der Waals surface area contributed by atoms with Crippen molar-refractivity contribution in [2.75, 3.05) is 31.6 Å². The van der Waals surface area contributed by atoms with Crippen LogP contribution in [0.15, 0.2) is 35.0 Å². The van der Waals surface area contributed by atoms with E-state index in [4.69, 9.17) is 18.7 Å². The minimum atomic E-state index is -0.751. The minimum absolute atomic E-state index is 0.00547. The van der Waals surface area contributed by atoms with Crippen LogP contribution >= 0.6 is 0 Å². The SMILES string of the molecule is CC(C)c1nc(-c2ccc(Nc3ccnc(OC4C5COCC4CN(C(=O)OC(C)(C)C)C5)c3F)c(F)c2)no1. The quantitative estimate of drug-likeness (QED) is 0.418. The number of nitrogens with zero attached hydrogens (tertiary/aromatic N) is 4. The van der Waals surface area contributed by atoms with Crippen molar-refractivity contribution in [3.05, 3.63) is 48.0 Å². The second-order valence-electron chi connectivity index (χ2n) is 11.4. The fourth-order valence-corrected chi connectivity index (χ4v) is 4.79. The molecule has 1 amide bonds. The number of halogens is 2. The highest BCUT2D eigenvalue weighted by Crippen LogP contribution is 2.35. The van der Waals surface area contributed by atoms with Gasteiger partial charge in [-0.3, -0.25) is 0 Å². The van der Waals surface area contributed by atoms with Gasteiger partial charge in [0.05, 0.1) is 24.6 Å². The van der Waals surface area contributed by atoms with Crippen LogP contribution in [0.2, 0.25) is 0 Å². The molecule has 2 aliphatic rings. The van der Waals surface area contributed by atoms with Crippen LogP contribution in [0.25, 0.3) is 11.4 Å². The van der Waals surface area contributed by atoms with E-state index in [0.29, 0.717) is 37.8 Å². The van der Waals surface area contributed by atoms with E-state index in [2.05, 4.69) is 20.4 Å². The third kappa shape index (κ3) is 6.01. The number of carbonyl (C=O) groups excluding carboxylic acids is 1. The number of anilines is 2. The lowest BCUT2D eigenvalue weighted by Crippen LogP contribution is -2.59. The van der Waals surface area contributed by atoms with Crippen molar-refractivity contribution in [1.82, 2.24) is 20.0 Å². The third-order valence-electron chi connectivity index (χ3n) is 6.69. The molecule has 0 spiro atoms. The number of likely N-dealkylation sites (tertiary alicyclic amines) is 1. The summed E-state index contributed by atoms with van der Waals surface area (Å²) in [5.74, 6) is -1.19. The van der Waals surface area contributed by atoms with Crippen LogP contribution in [0.1, 0.15) is 46.4 Å². The molecule has 3 aromatic rings. The van der Waals surface area contributed by atoms with Gasteiger partial charge in [-0.05, 0) is 45.0 Å². The highest BCUT2D eigenvalue weighted by molar-refractivity contribution is 5.68. The minimum Gasteiger partial charge on any atom is -0.471 e. The first-order valence-corrected chi connectivity index (χ1v) is 13.3. The fraction of sp³-hybridized carbons (Fsp3) is 0.500. The molecule has 0 aliphatic carbocycles. The molecule has 0 saturated carbocycles. The van der Waals surface area contributed by atoms with E-state index in [1.165, 1.54) is 24.4 Å². The summed E-state index contributed by atoms with van der Waals surface area (Å²) in [5, 5.41) is 6.69. The number of aromatic nitrogens is 3. The Kier molecular flexibility index (Phi) is 7.63. The molecule has 2 aromatic heterocycles. The lowest BCUT2D eigenvalue weighted by Gasteiger charge is -2.46. The molecule has 5 rings (SSSR count). The maximum atomic E-state index is 15.5. The van der Waals surface area contributed by atoms with Crippen LogP contribution in [-0.4, -0.2) is 64.1 Å². The fourth-order valence-electron chi connectivity index (χ4n) is 4.79. The van der Waals surface area contributed by atoms with E-state index in [1.807, 2.05) is 34.6 Å². The maximum Gasteiger partial charge on any atom is 0.410 e. The van der Waals surface area contributed by atoms with E-state index in [-0.39, 0.29) is 40.8 Å². The molecular formula is C28H33F2N5O5. The Morgan fingerprint density at radius 1 is 1.12 bits per heavy atom. The lowest BCUT2D eigenvalue weighted by atomic mass is 9.84. The van der Waals surface area contributed by atoms with Gasteiger partial charge in [-0.2, -0.15) is 9.37 Å². The number of ether oxygens (including phenoxy) is 3. The van der Waals surface area contributed by atoms with Crippen molar-refractivity contribution in [1.29, 1.82) is 0 Å². The second kappa shape index (κ2) is 11.0. The number of amides is 1. The Morgan fingerprint density at radius 3 is 2.48 bits per heavy atom. The first-order chi connectivity index (χ1) is 19.0. The number of fused-ring (bicyclic) bond motifs is 2. The predicted octanol–water partition coefficient (Wildman–Crippen LogP) is 5.54. The van der Waals surface area contributed by atoms with Crippen LogP contribution in [0.5, 0.6) is 5.88 Å². The third-order valence-corrected chi connectivity index (χ3v) is 6.69.